The molecule has 3 heteroatoms. The third-order valence-corrected chi connectivity index (χ3v) is 3.83. The summed E-state index contributed by atoms with van der Waals surface area (Å²) in [5.41, 5.74) is 9.47. The van der Waals surface area contributed by atoms with Crippen LogP contribution < -0.4 is 5.73 Å². The second-order valence-electron chi connectivity index (χ2n) is 5.49. The van der Waals surface area contributed by atoms with Crippen LogP contribution in [0.5, 0.6) is 0 Å². The van der Waals surface area contributed by atoms with Gasteiger partial charge < -0.3 is 5.73 Å². The van der Waals surface area contributed by atoms with Crippen LogP contribution in [-0.4, -0.2) is 4.98 Å². The van der Waals surface area contributed by atoms with Crippen LogP contribution in [0.15, 0.2) is 24.3 Å². The van der Waals surface area contributed by atoms with Crippen molar-refractivity contribution in [2.75, 3.05) is 5.73 Å². The van der Waals surface area contributed by atoms with Crippen LogP contribution in [0.2, 0.25) is 0 Å². The molecule has 0 aliphatic carbocycles. The number of nitrogen functional groups attached to an aromatic ring is 1. The van der Waals surface area contributed by atoms with Crippen LogP contribution in [-0.2, 0) is 12.8 Å². The second-order valence-corrected chi connectivity index (χ2v) is 5.49. The normalized spacial score (nSPS) is 10.7. The van der Waals surface area contributed by atoms with Crippen molar-refractivity contribution < 1.29 is 0 Å². The van der Waals surface area contributed by atoms with Gasteiger partial charge in [0, 0.05) is 11.8 Å². The lowest BCUT2D eigenvalue weighted by molar-refractivity contribution is 0.717. The van der Waals surface area contributed by atoms with Crippen molar-refractivity contribution in [3.63, 3.8) is 0 Å². The highest BCUT2D eigenvalue weighted by Crippen LogP contribution is 2.24. The zero-order valence-electron chi connectivity index (χ0n) is 12.7. The first-order chi connectivity index (χ1) is 10.3. The Kier molecular flexibility index (Phi) is 5.57. The van der Waals surface area contributed by atoms with Crippen molar-refractivity contribution >= 4 is 16.7 Å². The number of benzene rings is 1. The van der Waals surface area contributed by atoms with Crippen LogP contribution in [0.3, 0.4) is 0 Å². The highest BCUT2D eigenvalue weighted by molar-refractivity contribution is 5.84. The monoisotopic (exact) mass is 281 g/mol. The molecular weight excluding hydrogens is 258 g/mol. The largest absolute Gasteiger partial charge is 0.383 e. The smallest absolute Gasteiger partial charge is 0.127 e. The molecule has 21 heavy (non-hydrogen) atoms. The number of fused-ring (bicyclic) bond motifs is 1. The van der Waals surface area contributed by atoms with E-state index >= 15 is 0 Å². The van der Waals surface area contributed by atoms with E-state index < -0.39 is 0 Å². The lowest BCUT2D eigenvalue weighted by Crippen LogP contribution is -2.00. The van der Waals surface area contributed by atoms with Gasteiger partial charge in [0.25, 0.3) is 0 Å². The van der Waals surface area contributed by atoms with Gasteiger partial charge >= 0.3 is 0 Å². The number of hydrogen-bond acceptors (Lipinski definition) is 3. The summed E-state index contributed by atoms with van der Waals surface area (Å²) in [5, 5.41) is 9.81. The third-order valence-electron chi connectivity index (χ3n) is 3.83. The first-order valence-electron chi connectivity index (χ1n) is 7.80. The summed E-state index contributed by atoms with van der Waals surface area (Å²) in [7, 11) is 0. The molecule has 110 valence electrons. The number of para-hydroxylation sites is 1. The van der Waals surface area contributed by atoms with E-state index in [-0.39, 0.29) is 0 Å². The molecule has 2 rings (SSSR count). The van der Waals surface area contributed by atoms with Crippen molar-refractivity contribution in [3.05, 3.63) is 35.4 Å². The summed E-state index contributed by atoms with van der Waals surface area (Å²) in [5.74, 6) is 0.659. The molecule has 0 radical (unpaired) electrons. The number of nitrogens with zero attached hydrogens (tertiary/aromatic N) is 2. The Labute approximate surface area is 126 Å². The van der Waals surface area contributed by atoms with Crippen molar-refractivity contribution in [1.29, 1.82) is 5.26 Å². The zero-order chi connectivity index (χ0) is 15.1. The Morgan fingerprint density at radius 2 is 1.95 bits per heavy atom. The first-order valence-corrected chi connectivity index (χ1v) is 7.80. The molecule has 1 aromatic carbocycles. The maximum absolute atomic E-state index is 8.66. The summed E-state index contributed by atoms with van der Waals surface area (Å²) in [4.78, 5) is 4.63. The van der Waals surface area contributed by atoms with Crippen LogP contribution in [0.4, 0.5) is 5.82 Å². The highest BCUT2D eigenvalue weighted by atomic mass is 14.8. The van der Waals surface area contributed by atoms with E-state index in [1.165, 1.54) is 18.4 Å². The van der Waals surface area contributed by atoms with E-state index in [0.29, 0.717) is 12.2 Å². The molecule has 1 aromatic heterocycles. The Bertz CT molecular complexity index is 641. The predicted octanol–water partition coefficient (Wildman–Crippen LogP) is 4.40. The molecule has 0 saturated heterocycles. The number of aryl methyl sites for hydroxylation is 2. The molecule has 0 bridgehead atoms. The average Bonchev–Trinajstić information content (AvgIpc) is 2.49. The van der Waals surface area contributed by atoms with Crippen molar-refractivity contribution in [2.24, 2.45) is 0 Å². The molecule has 2 aromatic rings. The molecule has 0 fully saturated rings. The number of rotatable bonds is 7. The number of nitrogens with two attached hydrogens (primary N) is 1. The molecule has 0 aliphatic heterocycles. The van der Waals surface area contributed by atoms with Crippen molar-refractivity contribution in [1.82, 2.24) is 4.98 Å². The molecule has 2 N–H and O–H groups in total. The van der Waals surface area contributed by atoms with Gasteiger partial charge in [0.2, 0.25) is 0 Å². The molecule has 1 heterocycles. The minimum atomic E-state index is 0.584. The number of aromatic nitrogens is 1. The van der Waals surface area contributed by atoms with Gasteiger partial charge in [-0.2, -0.15) is 5.26 Å². The van der Waals surface area contributed by atoms with E-state index in [1.807, 2.05) is 0 Å². The van der Waals surface area contributed by atoms with E-state index in [0.717, 1.165) is 42.1 Å². The van der Waals surface area contributed by atoms with Gasteiger partial charge in [-0.05, 0) is 42.9 Å². The molecular formula is C18H23N3. The van der Waals surface area contributed by atoms with E-state index in [4.69, 9.17) is 11.0 Å². The second kappa shape index (κ2) is 7.64. The maximum Gasteiger partial charge on any atom is 0.127 e. The van der Waals surface area contributed by atoms with Gasteiger partial charge in [-0.1, -0.05) is 38.0 Å². The predicted molar refractivity (Wildman–Crippen MR) is 87.9 cm³/mol. The zero-order valence-corrected chi connectivity index (χ0v) is 12.7. The topological polar surface area (TPSA) is 62.7 Å². The average molecular weight is 281 g/mol. The summed E-state index contributed by atoms with van der Waals surface area (Å²) in [6.45, 7) is 2.20. The molecule has 0 aliphatic rings. The van der Waals surface area contributed by atoms with Crippen molar-refractivity contribution in [2.45, 2.75) is 51.9 Å². The molecule has 0 atom stereocenters. The Hall–Kier alpha value is -2.08. The fourth-order valence-electron chi connectivity index (χ4n) is 2.64. The van der Waals surface area contributed by atoms with Gasteiger partial charge in [0.15, 0.2) is 0 Å². The fourth-order valence-corrected chi connectivity index (χ4v) is 2.64. The van der Waals surface area contributed by atoms with Crippen molar-refractivity contribution in [3.8, 4) is 6.07 Å². The van der Waals surface area contributed by atoms with Crippen LogP contribution >= 0.6 is 0 Å². The molecule has 0 amide bonds. The van der Waals surface area contributed by atoms with E-state index in [1.54, 1.807) is 0 Å². The minimum Gasteiger partial charge on any atom is -0.383 e. The quantitative estimate of drug-likeness (QED) is 0.765. The van der Waals surface area contributed by atoms with Crippen LogP contribution in [0.1, 0.15) is 50.2 Å². The van der Waals surface area contributed by atoms with Gasteiger partial charge in [0.05, 0.1) is 11.6 Å². The lowest BCUT2D eigenvalue weighted by atomic mass is 10.0. The standard InChI is InChI=1S/C18H23N3/c1-2-3-4-9-16-13-15-11-7-10-14(8-5-6-12-19)17(15)21-18(16)20/h7,10-11,13H,2-6,8-9H2,1H3,(H2,20,21). The van der Waals surface area contributed by atoms with Crippen LogP contribution in [0, 0.1) is 11.3 Å². The summed E-state index contributed by atoms with van der Waals surface area (Å²) in [6.07, 6.45) is 6.94. The fraction of sp³-hybridized carbons (Fsp3) is 0.444. The van der Waals surface area contributed by atoms with Crippen LogP contribution in [0.25, 0.3) is 10.9 Å². The molecule has 0 spiro atoms. The molecule has 0 unspecified atom stereocenters. The lowest BCUT2D eigenvalue weighted by Gasteiger charge is -2.10. The Morgan fingerprint density at radius 1 is 1.14 bits per heavy atom. The van der Waals surface area contributed by atoms with E-state index in [2.05, 4.69) is 42.2 Å². The van der Waals surface area contributed by atoms with Gasteiger partial charge in [-0.15, -0.1) is 0 Å². The number of hydrogen-bond donors (Lipinski definition) is 1. The Morgan fingerprint density at radius 3 is 2.71 bits per heavy atom. The van der Waals surface area contributed by atoms with E-state index in [9.17, 15) is 0 Å². The number of nitriles is 1. The minimum absolute atomic E-state index is 0.584. The summed E-state index contributed by atoms with van der Waals surface area (Å²) in [6, 6.07) is 10.6. The van der Waals surface area contributed by atoms with Gasteiger partial charge in [-0.25, -0.2) is 4.98 Å². The first kappa shape index (κ1) is 15.3. The number of anilines is 1. The van der Waals surface area contributed by atoms with Gasteiger partial charge in [0.1, 0.15) is 5.82 Å². The molecule has 3 nitrogen and oxygen atoms in total. The maximum atomic E-state index is 8.66. The number of pyridine rings is 1. The highest BCUT2D eigenvalue weighted by Gasteiger charge is 2.07. The summed E-state index contributed by atoms with van der Waals surface area (Å²) >= 11 is 0. The number of unbranched alkanes of at least 4 members (excludes halogenated alkanes) is 3. The molecule has 0 saturated carbocycles. The summed E-state index contributed by atoms with van der Waals surface area (Å²) < 4.78 is 0. The van der Waals surface area contributed by atoms with Gasteiger partial charge in [-0.3, -0.25) is 0 Å². The SMILES string of the molecule is CCCCCc1cc2cccc(CCCC#N)c2nc1N. The Balaban J connectivity index is 2.26. The third kappa shape index (κ3) is 3.95.